The molecule has 6 heteroatoms. The first kappa shape index (κ1) is 17.9. The summed E-state index contributed by atoms with van der Waals surface area (Å²) in [5.41, 5.74) is 3.39. The van der Waals surface area contributed by atoms with Crippen molar-refractivity contribution in [3.05, 3.63) is 69.3 Å². The molecule has 1 aliphatic heterocycles. The first-order valence-electron chi connectivity index (χ1n) is 8.56. The van der Waals surface area contributed by atoms with Crippen molar-refractivity contribution in [3.8, 4) is 0 Å². The van der Waals surface area contributed by atoms with Crippen LogP contribution in [0.4, 0.5) is 5.69 Å². The van der Waals surface area contributed by atoms with Gasteiger partial charge in [0.2, 0.25) is 0 Å². The second-order valence-corrected chi connectivity index (χ2v) is 7.68. The average Bonchev–Trinajstić information content (AvgIpc) is 2.66. The van der Waals surface area contributed by atoms with Gasteiger partial charge >= 0.3 is 0 Å². The predicted molar refractivity (Wildman–Crippen MR) is 111 cm³/mol. The standard InChI is InChI=1S/C20H18Cl3N3/c21-16-11-14(12-17(22)20(16)23)13-25-7-9-26(10-8-25)19-5-6-24-18-4-2-1-3-15(18)19/h1-6,11-12H,7-10,13H2. The van der Waals surface area contributed by atoms with Gasteiger partial charge in [0, 0.05) is 50.0 Å². The van der Waals surface area contributed by atoms with Crippen molar-refractivity contribution in [3.63, 3.8) is 0 Å². The second kappa shape index (κ2) is 7.61. The van der Waals surface area contributed by atoms with Gasteiger partial charge in [-0.05, 0) is 29.8 Å². The third-order valence-electron chi connectivity index (χ3n) is 4.79. The molecule has 1 saturated heterocycles. The van der Waals surface area contributed by atoms with Crippen molar-refractivity contribution in [1.82, 2.24) is 9.88 Å². The van der Waals surface area contributed by atoms with Gasteiger partial charge in [-0.2, -0.15) is 0 Å². The van der Waals surface area contributed by atoms with E-state index >= 15 is 0 Å². The molecule has 2 heterocycles. The number of hydrogen-bond donors (Lipinski definition) is 0. The molecule has 0 aliphatic carbocycles. The Bertz CT molecular complexity index is 908. The lowest BCUT2D eigenvalue weighted by Gasteiger charge is -2.36. The molecule has 3 nitrogen and oxygen atoms in total. The molecule has 0 bridgehead atoms. The summed E-state index contributed by atoms with van der Waals surface area (Å²) in [5, 5.41) is 2.65. The highest BCUT2D eigenvalue weighted by atomic mass is 35.5. The van der Waals surface area contributed by atoms with E-state index in [-0.39, 0.29) is 0 Å². The molecule has 1 fully saturated rings. The van der Waals surface area contributed by atoms with Gasteiger partial charge in [-0.15, -0.1) is 0 Å². The van der Waals surface area contributed by atoms with Crippen molar-refractivity contribution in [1.29, 1.82) is 0 Å². The quantitative estimate of drug-likeness (QED) is 0.534. The highest BCUT2D eigenvalue weighted by molar-refractivity contribution is 6.48. The summed E-state index contributed by atoms with van der Waals surface area (Å²) >= 11 is 18.3. The molecule has 3 aromatic rings. The largest absolute Gasteiger partial charge is 0.368 e. The molecule has 0 atom stereocenters. The molecule has 0 radical (unpaired) electrons. The number of nitrogens with zero attached hydrogens (tertiary/aromatic N) is 3. The molecule has 0 spiro atoms. The van der Waals surface area contributed by atoms with Gasteiger partial charge in [-0.3, -0.25) is 9.88 Å². The number of hydrogen-bond acceptors (Lipinski definition) is 3. The lowest BCUT2D eigenvalue weighted by molar-refractivity contribution is 0.250. The molecule has 1 aromatic heterocycles. The summed E-state index contributed by atoms with van der Waals surface area (Å²) in [6, 6.07) is 14.2. The summed E-state index contributed by atoms with van der Waals surface area (Å²) in [4.78, 5) is 9.30. The Morgan fingerprint density at radius 3 is 2.31 bits per heavy atom. The molecule has 26 heavy (non-hydrogen) atoms. The van der Waals surface area contributed by atoms with E-state index in [1.54, 1.807) is 0 Å². The molecule has 0 amide bonds. The molecule has 0 N–H and O–H groups in total. The second-order valence-electron chi connectivity index (χ2n) is 6.48. The van der Waals surface area contributed by atoms with Gasteiger partial charge in [0.15, 0.2) is 0 Å². The Labute approximate surface area is 168 Å². The lowest BCUT2D eigenvalue weighted by atomic mass is 10.1. The Kier molecular flexibility index (Phi) is 5.23. The third-order valence-corrected chi connectivity index (χ3v) is 5.99. The Balaban J connectivity index is 1.46. The maximum Gasteiger partial charge on any atom is 0.0778 e. The fraction of sp³-hybridized carbons (Fsp3) is 0.250. The van der Waals surface area contributed by atoms with Crippen molar-refractivity contribution < 1.29 is 0 Å². The SMILES string of the molecule is Clc1cc(CN2CCN(c3ccnc4ccccc34)CC2)cc(Cl)c1Cl. The van der Waals surface area contributed by atoms with Crippen LogP contribution in [0, 0.1) is 0 Å². The fourth-order valence-electron chi connectivity index (χ4n) is 3.46. The molecule has 0 unspecified atom stereocenters. The van der Waals surface area contributed by atoms with Crippen LogP contribution in [-0.4, -0.2) is 36.1 Å². The van der Waals surface area contributed by atoms with Crippen LogP contribution in [0.5, 0.6) is 0 Å². The van der Waals surface area contributed by atoms with E-state index in [9.17, 15) is 0 Å². The van der Waals surface area contributed by atoms with Crippen LogP contribution in [0.15, 0.2) is 48.7 Å². The number of anilines is 1. The van der Waals surface area contributed by atoms with E-state index in [2.05, 4.69) is 39.0 Å². The minimum atomic E-state index is 0.423. The van der Waals surface area contributed by atoms with Gasteiger partial charge in [0.25, 0.3) is 0 Å². The Morgan fingerprint density at radius 1 is 0.885 bits per heavy atom. The van der Waals surface area contributed by atoms with E-state index in [4.69, 9.17) is 34.8 Å². The Morgan fingerprint density at radius 2 is 1.58 bits per heavy atom. The summed E-state index contributed by atoms with van der Waals surface area (Å²) in [6.45, 7) is 4.73. The van der Waals surface area contributed by atoms with E-state index in [1.165, 1.54) is 11.1 Å². The summed E-state index contributed by atoms with van der Waals surface area (Å²) < 4.78 is 0. The van der Waals surface area contributed by atoms with Crippen LogP contribution in [-0.2, 0) is 6.54 Å². The molecule has 1 aliphatic rings. The highest BCUT2D eigenvalue weighted by Crippen LogP contribution is 2.32. The molecular weight excluding hydrogens is 389 g/mol. The maximum absolute atomic E-state index is 6.15. The smallest absolute Gasteiger partial charge is 0.0778 e. The van der Waals surface area contributed by atoms with Crippen LogP contribution in [0.3, 0.4) is 0 Å². The number of pyridine rings is 1. The zero-order valence-corrected chi connectivity index (χ0v) is 16.4. The van der Waals surface area contributed by atoms with Crippen molar-refractivity contribution in [2.75, 3.05) is 31.1 Å². The molecular formula is C20H18Cl3N3. The fourth-order valence-corrected chi connectivity index (χ4v) is 4.10. The van der Waals surface area contributed by atoms with Crippen molar-refractivity contribution >= 4 is 51.4 Å². The number of fused-ring (bicyclic) bond motifs is 1. The van der Waals surface area contributed by atoms with Crippen LogP contribution in [0.25, 0.3) is 10.9 Å². The molecule has 2 aromatic carbocycles. The monoisotopic (exact) mass is 405 g/mol. The number of halogens is 3. The third kappa shape index (κ3) is 3.63. The van der Waals surface area contributed by atoms with Crippen LogP contribution >= 0.6 is 34.8 Å². The molecule has 0 saturated carbocycles. The van der Waals surface area contributed by atoms with E-state index < -0.39 is 0 Å². The summed E-state index contributed by atoms with van der Waals surface area (Å²) in [5.74, 6) is 0. The Hall–Kier alpha value is -1.52. The average molecular weight is 407 g/mol. The van der Waals surface area contributed by atoms with Gasteiger partial charge in [-0.1, -0.05) is 53.0 Å². The van der Waals surface area contributed by atoms with E-state index in [0.29, 0.717) is 15.1 Å². The summed E-state index contributed by atoms with van der Waals surface area (Å²) in [7, 11) is 0. The van der Waals surface area contributed by atoms with Crippen molar-refractivity contribution in [2.45, 2.75) is 6.54 Å². The first-order valence-corrected chi connectivity index (χ1v) is 9.70. The maximum atomic E-state index is 6.15. The van der Waals surface area contributed by atoms with Crippen LogP contribution in [0.1, 0.15) is 5.56 Å². The summed E-state index contributed by atoms with van der Waals surface area (Å²) in [6.07, 6.45) is 1.89. The number of aromatic nitrogens is 1. The van der Waals surface area contributed by atoms with Crippen LogP contribution in [0.2, 0.25) is 15.1 Å². The number of piperazine rings is 1. The van der Waals surface area contributed by atoms with Gasteiger partial charge in [0.1, 0.15) is 0 Å². The normalized spacial score (nSPS) is 15.6. The van der Waals surface area contributed by atoms with Crippen molar-refractivity contribution in [2.24, 2.45) is 0 Å². The lowest BCUT2D eigenvalue weighted by Crippen LogP contribution is -2.46. The predicted octanol–water partition coefficient (Wildman–Crippen LogP) is 5.52. The van der Waals surface area contributed by atoms with Gasteiger partial charge in [0.05, 0.1) is 20.6 Å². The molecule has 4 rings (SSSR count). The zero-order chi connectivity index (χ0) is 18.1. The van der Waals surface area contributed by atoms with Crippen LogP contribution < -0.4 is 4.90 Å². The topological polar surface area (TPSA) is 19.4 Å². The number of benzene rings is 2. The van der Waals surface area contributed by atoms with E-state index in [1.807, 2.05) is 24.4 Å². The number of para-hydroxylation sites is 1. The zero-order valence-electron chi connectivity index (χ0n) is 14.1. The first-order chi connectivity index (χ1) is 12.6. The highest BCUT2D eigenvalue weighted by Gasteiger charge is 2.19. The number of rotatable bonds is 3. The van der Waals surface area contributed by atoms with Gasteiger partial charge in [-0.25, -0.2) is 0 Å². The minimum absolute atomic E-state index is 0.423. The van der Waals surface area contributed by atoms with E-state index in [0.717, 1.165) is 43.8 Å². The molecule has 134 valence electrons. The minimum Gasteiger partial charge on any atom is -0.368 e. The van der Waals surface area contributed by atoms with Gasteiger partial charge < -0.3 is 4.90 Å².